The van der Waals surface area contributed by atoms with E-state index in [9.17, 15) is 9.90 Å². The topological polar surface area (TPSA) is 157 Å². The summed E-state index contributed by atoms with van der Waals surface area (Å²) in [6, 6.07) is 6.36. The Morgan fingerprint density at radius 3 is 2.84 bits per heavy atom. The van der Waals surface area contributed by atoms with E-state index in [-0.39, 0.29) is 23.2 Å². The lowest BCUT2D eigenvalue weighted by Gasteiger charge is -2.37. The fourth-order valence-electron chi connectivity index (χ4n) is 3.89. The number of aromatic hydroxyl groups is 1. The van der Waals surface area contributed by atoms with Crippen molar-refractivity contribution in [2.24, 2.45) is 5.73 Å². The molecule has 0 aliphatic carbocycles. The van der Waals surface area contributed by atoms with Gasteiger partial charge in [-0.15, -0.1) is 0 Å². The molecule has 37 heavy (non-hydrogen) atoms. The Morgan fingerprint density at radius 1 is 1.27 bits per heavy atom. The fourth-order valence-corrected chi connectivity index (χ4v) is 4.65. The molecule has 4 aromatic rings. The largest absolute Gasteiger partial charge is 0.508 e. The van der Waals surface area contributed by atoms with Crippen LogP contribution in [0.15, 0.2) is 41.2 Å². The van der Waals surface area contributed by atoms with Crippen molar-refractivity contribution in [1.29, 1.82) is 0 Å². The summed E-state index contributed by atoms with van der Waals surface area (Å²) in [5, 5.41) is 17.0. The van der Waals surface area contributed by atoms with Crippen LogP contribution in [0.25, 0.3) is 11.1 Å². The number of nitrogens with one attached hydrogen (secondary N) is 1. The summed E-state index contributed by atoms with van der Waals surface area (Å²) in [6.45, 7) is 9.17. The number of ether oxygens (including phenoxy) is 1. The zero-order valence-electron chi connectivity index (χ0n) is 21.0. The number of fused-ring (bicyclic) bond motifs is 1. The van der Waals surface area contributed by atoms with Gasteiger partial charge in [0.2, 0.25) is 0 Å². The number of aromatic nitrogens is 5. The van der Waals surface area contributed by atoms with Gasteiger partial charge in [-0.25, -0.2) is 14.6 Å². The van der Waals surface area contributed by atoms with Crippen molar-refractivity contribution in [3.05, 3.63) is 48.2 Å². The highest BCUT2D eigenvalue weighted by Gasteiger charge is 2.33. The number of benzene rings is 1. The molecule has 1 aliphatic heterocycles. The second kappa shape index (κ2) is 9.82. The molecule has 3 aromatic heterocycles. The van der Waals surface area contributed by atoms with E-state index in [1.54, 1.807) is 35.4 Å². The van der Waals surface area contributed by atoms with Crippen molar-refractivity contribution in [3.8, 4) is 5.75 Å². The number of anilines is 3. The van der Waals surface area contributed by atoms with E-state index in [0.29, 0.717) is 54.9 Å². The number of primary amides is 1. The Balaban J connectivity index is 1.21. The first-order valence-electron chi connectivity index (χ1n) is 12.0. The molecule has 0 atom stereocenters. The number of nitrogens with two attached hydrogens (primary N) is 1. The molecule has 1 saturated heterocycles. The summed E-state index contributed by atoms with van der Waals surface area (Å²) < 4.78 is 13.2. The number of nitrogens with zero attached hydrogens (tertiary/aromatic N) is 6. The molecule has 1 aliphatic rings. The van der Waals surface area contributed by atoms with Crippen molar-refractivity contribution in [1.82, 2.24) is 24.7 Å². The number of rotatable bonds is 10. The first kappa shape index (κ1) is 24.7. The molecule has 12 nitrogen and oxygen atoms in total. The van der Waals surface area contributed by atoms with Crippen LogP contribution in [0.2, 0.25) is 25.7 Å². The molecule has 1 aromatic carbocycles. The Labute approximate surface area is 214 Å². The van der Waals surface area contributed by atoms with Gasteiger partial charge in [0.15, 0.2) is 17.1 Å². The Bertz CT molecular complexity index is 1420. The molecule has 13 heteroatoms. The third-order valence-electron chi connectivity index (χ3n) is 6.07. The van der Waals surface area contributed by atoms with Crippen molar-refractivity contribution in [2.75, 3.05) is 29.9 Å². The molecule has 0 bridgehead atoms. The molecule has 0 spiro atoms. The molecule has 0 saturated carbocycles. The number of amides is 1. The van der Waals surface area contributed by atoms with E-state index in [4.69, 9.17) is 14.9 Å². The van der Waals surface area contributed by atoms with Crippen LogP contribution < -0.4 is 16.0 Å². The smallest absolute Gasteiger partial charge is 0.298 e. The maximum atomic E-state index is 12.2. The predicted molar refractivity (Wildman–Crippen MR) is 141 cm³/mol. The van der Waals surface area contributed by atoms with Crippen molar-refractivity contribution >= 4 is 42.6 Å². The SMILES string of the molecule is C[Si](C)(C)CCOCn1cc(Nc2ncc(C3CN(c4nc5ccc(O)cc5o4)C3)nc2C(N)=O)cn1. The fraction of sp³-hybridized carbons (Fsp3) is 0.375. The first-order valence-corrected chi connectivity index (χ1v) is 15.7. The van der Waals surface area contributed by atoms with Gasteiger partial charge in [0.25, 0.3) is 11.9 Å². The van der Waals surface area contributed by atoms with Gasteiger partial charge in [-0.3, -0.25) is 4.79 Å². The van der Waals surface area contributed by atoms with E-state index in [1.807, 2.05) is 4.90 Å². The van der Waals surface area contributed by atoms with Crippen LogP contribution in [0.5, 0.6) is 5.75 Å². The second-order valence-electron chi connectivity index (χ2n) is 10.3. The number of carbonyl (C=O) groups is 1. The highest BCUT2D eigenvalue weighted by molar-refractivity contribution is 6.76. The summed E-state index contributed by atoms with van der Waals surface area (Å²) in [6.07, 6.45) is 5.05. The van der Waals surface area contributed by atoms with E-state index >= 15 is 0 Å². The minimum absolute atomic E-state index is 0.0409. The summed E-state index contributed by atoms with van der Waals surface area (Å²) in [5.41, 5.74) is 8.18. The van der Waals surface area contributed by atoms with E-state index in [2.05, 4.69) is 45.0 Å². The Morgan fingerprint density at radius 2 is 2.08 bits per heavy atom. The quantitative estimate of drug-likeness (QED) is 0.208. The average Bonchev–Trinajstić information content (AvgIpc) is 3.42. The van der Waals surface area contributed by atoms with Gasteiger partial charge in [0.05, 0.1) is 30.0 Å². The van der Waals surface area contributed by atoms with Crippen LogP contribution in [-0.4, -0.2) is 63.5 Å². The van der Waals surface area contributed by atoms with E-state index < -0.39 is 14.0 Å². The molecule has 1 amide bonds. The highest BCUT2D eigenvalue weighted by atomic mass is 28.3. The van der Waals surface area contributed by atoms with Crippen molar-refractivity contribution < 1.29 is 19.1 Å². The number of phenolic OH excluding ortho intramolecular Hbond substituents is 1. The number of phenols is 1. The van der Waals surface area contributed by atoms with E-state index in [0.717, 1.165) is 6.04 Å². The third kappa shape index (κ3) is 5.72. The number of oxazole rings is 1. The molecule has 4 heterocycles. The zero-order chi connectivity index (χ0) is 26.2. The number of hydrogen-bond donors (Lipinski definition) is 3. The summed E-state index contributed by atoms with van der Waals surface area (Å²) >= 11 is 0. The summed E-state index contributed by atoms with van der Waals surface area (Å²) in [7, 11) is -1.14. The summed E-state index contributed by atoms with van der Waals surface area (Å²) in [4.78, 5) is 27.5. The van der Waals surface area contributed by atoms with Gasteiger partial charge in [-0.1, -0.05) is 19.6 Å². The van der Waals surface area contributed by atoms with Gasteiger partial charge >= 0.3 is 0 Å². The van der Waals surface area contributed by atoms with Crippen LogP contribution in [0.4, 0.5) is 17.5 Å². The molecule has 4 N–H and O–H groups in total. The number of hydrogen-bond acceptors (Lipinski definition) is 10. The lowest BCUT2D eigenvalue weighted by molar-refractivity contribution is 0.0786. The standard InChI is InChI=1S/C24H30N8O4Si/c1-37(2,3)7-6-35-14-32-13-16(9-27-32)28-23-21(22(25)34)29-19(10-26-23)15-11-31(12-15)24-30-18-5-4-17(33)8-20(18)36-24/h4-5,8-10,13,15,33H,6-7,11-12,14H2,1-3H3,(H2,25,34)(H,26,28). The van der Waals surface area contributed by atoms with Crippen LogP contribution in [0.1, 0.15) is 22.1 Å². The highest BCUT2D eigenvalue weighted by Crippen LogP contribution is 2.33. The molecular formula is C24H30N8O4Si. The van der Waals surface area contributed by atoms with Crippen LogP contribution in [0.3, 0.4) is 0 Å². The molecule has 0 unspecified atom stereocenters. The summed E-state index contributed by atoms with van der Waals surface area (Å²) in [5.74, 6) is -0.240. The molecule has 0 radical (unpaired) electrons. The van der Waals surface area contributed by atoms with Gasteiger partial charge in [0.1, 0.15) is 18.0 Å². The minimum atomic E-state index is -1.14. The Kier molecular flexibility index (Phi) is 6.56. The van der Waals surface area contributed by atoms with E-state index in [1.165, 1.54) is 6.07 Å². The van der Waals surface area contributed by atoms with Gasteiger partial charge in [-0.2, -0.15) is 10.1 Å². The van der Waals surface area contributed by atoms with Crippen molar-refractivity contribution in [2.45, 2.75) is 38.3 Å². The molecular weight excluding hydrogens is 492 g/mol. The van der Waals surface area contributed by atoms with Crippen LogP contribution in [-0.2, 0) is 11.5 Å². The minimum Gasteiger partial charge on any atom is -0.508 e. The van der Waals surface area contributed by atoms with Gasteiger partial charge < -0.3 is 30.2 Å². The normalized spacial score (nSPS) is 14.2. The van der Waals surface area contributed by atoms with Crippen molar-refractivity contribution in [3.63, 3.8) is 0 Å². The van der Waals surface area contributed by atoms with Gasteiger partial charge in [-0.05, 0) is 18.2 Å². The van der Waals surface area contributed by atoms with Gasteiger partial charge in [0, 0.05) is 39.8 Å². The third-order valence-corrected chi connectivity index (χ3v) is 7.78. The van der Waals surface area contributed by atoms with Crippen LogP contribution in [0, 0.1) is 0 Å². The number of carbonyl (C=O) groups excluding carboxylic acids is 1. The average molecular weight is 523 g/mol. The molecule has 5 rings (SSSR count). The molecule has 1 fully saturated rings. The predicted octanol–water partition coefficient (Wildman–Crippen LogP) is 3.28. The lowest BCUT2D eigenvalue weighted by atomic mass is 9.97. The lowest BCUT2D eigenvalue weighted by Crippen LogP contribution is -2.45. The second-order valence-corrected chi connectivity index (χ2v) is 16.0. The Hall–Kier alpha value is -3.97. The maximum absolute atomic E-state index is 12.2. The first-order chi connectivity index (χ1) is 17.6. The molecule has 194 valence electrons. The zero-order valence-corrected chi connectivity index (χ0v) is 22.0. The van der Waals surface area contributed by atoms with Crippen LogP contribution >= 0.6 is 0 Å². The maximum Gasteiger partial charge on any atom is 0.298 e. The monoisotopic (exact) mass is 522 g/mol.